The molecule has 1 aliphatic heterocycles. The van der Waals surface area contributed by atoms with E-state index in [1.165, 1.54) is 5.56 Å². The predicted octanol–water partition coefficient (Wildman–Crippen LogP) is 1.82. The maximum absolute atomic E-state index is 4.30. The molecule has 0 N–H and O–H groups in total. The van der Waals surface area contributed by atoms with E-state index in [0.717, 1.165) is 43.9 Å². The zero-order valence-electron chi connectivity index (χ0n) is 11.3. The molecule has 6 heteroatoms. The SMILES string of the molecule is Brc1cnn(CN2CCN(Cc3ccncc3)CC2)c1. The Morgan fingerprint density at radius 3 is 2.40 bits per heavy atom. The minimum atomic E-state index is 0.870. The van der Waals surface area contributed by atoms with Crippen molar-refractivity contribution in [1.29, 1.82) is 0 Å². The van der Waals surface area contributed by atoms with Gasteiger partial charge in [-0.15, -0.1) is 0 Å². The van der Waals surface area contributed by atoms with E-state index in [4.69, 9.17) is 0 Å². The average molecular weight is 336 g/mol. The van der Waals surface area contributed by atoms with Crippen LogP contribution in [0.15, 0.2) is 41.4 Å². The Kier molecular flexibility index (Phi) is 4.44. The van der Waals surface area contributed by atoms with E-state index in [-0.39, 0.29) is 0 Å². The summed E-state index contributed by atoms with van der Waals surface area (Å²) >= 11 is 3.43. The van der Waals surface area contributed by atoms with Crippen molar-refractivity contribution in [3.05, 3.63) is 47.0 Å². The third kappa shape index (κ3) is 3.65. The summed E-state index contributed by atoms with van der Waals surface area (Å²) in [6.45, 7) is 6.26. The van der Waals surface area contributed by atoms with Crippen LogP contribution in [0.5, 0.6) is 0 Å². The van der Waals surface area contributed by atoms with Crippen LogP contribution in [0, 0.1) is 0 Å². The maximum Gasteiger partial charge on any atom is 0.0930 e. The highest BCUT2D eigenvalue weighted by Gasteiger charge is 2.17. The number of hydrogen-bond acceptors (Lipinski definition) is 4. The molecule has 0 radical (unpaired) electrons. The summed E-state index contributed by atoms with van der Waals surface area (Å²) in [6, 6.07) is 4.18. The molecule has 0 aromatic carbocycles. The second-order valence-electron chi connectivity index (χ2n) is 5.09. The number of piperazine rings is 1. The van der Waals surface area contributed by atoms with E-state index in [9.17, 15) is 0 Å². The first-order valence-corrected chi connectivity index (χ1v) is 7.60. The molecule has 0 atom stereocenters. The molecule has 0 aliphatic carbocycles. The molecule has 1 aliphatic rings. The Bertz CT molecular complexity index is 534. The van der Waals surface area contributed by atoms with Crippen LogP contribution in [0.4, 0.5) is 0 Å². The van der Waals surface area contributed by atoms with Gasteiger partial charge < -0.3 is 0 Å². The van der Waals surface area contributed by atoms with Gasteiger partial charge in [0.1, 0.15) is 0 Å². The lowest BCUT2D eigenvalue weighted by Gasteiger charge is -2.34. The van der Waals surface area contributed by atoms with E-state index in [1.54, 1.807) is 0 Å². The van der Waals surface area contributed by atoms with Gasteiger partial charge in [-0.05, 0) is 33.6 Å². The lowest BCUT2D eigenvalue weighted by Crippen LogP contribution is -2.46. The van der Waals surface area contributed by atoms with Gasteiger partial charge in [-0.25, -0.2) is 0 Å². The van der Waals surface area contributed by atoms with Crippen molar-refractivity contribution in [3.63, 3.8) is 0 Å². The third-order valence-corrected chi connectivity index (χ3v) is 3.98. The highest BCUT2D eigenvalue weighted by atomic mass is 79.9. The Hall–Kier alpha value is -1.24. The molecule has 2 aromatic heterocycles. The molecular weight excluding hydrogens is 318 g/mol. The van der Waals surface area contributed by atoms with E-state index in [2.05, 4.69) is 47.9 Å². The van der Waals surface area contributed by atoms with Gasteiger partial charge in [-0.1, -0.05) is 0 Å². The van der Waals surface area contributed by atoms with Gasteiger partial charge >= 0.3 is 0 Å². The summed E-state index contributed by atoms with van der Waals surface area (Å²) in [5.41, 5.74) is 1.34. The molecule has 0 spiro atoms. The third-order valence-electron chi connectivity index (χ3n) is 3.57. The molecule has 0 saturated carbocycles. The zero-order chi connectivity index (χ0) is 13.8. The van der Waals surface area contributed by atoms with Crippen molar-refractivity contribution < 1.29 is 0 Å². The minimum Gasteiger partial charge on any atom is -0.297 e. The van der Waals surface area contributed by atoms with E-state index in [0.29, 0.717) is 0 Å². The predicted molar refractivity (Wildman–Crippen MR) is 81.0 cm³/mol. The normalized spacial score (nSPS) is 17.4. The summed E-state index contributed by atoms with van der Waals surface area (Å²) in [5.74, 6) is 0. The molecule has 0 amide bonds. The fourth-order valence-electron chi connectivity index (χ4n) is 2.46. The number of rotatable bonds is 4. The monoisotopic (exact) mass is 335 g/mol. The Balaban J connectivity index is 1.47. The molecule has 5 nitrogen and oxygen atoms in total. The van der Waals surface area contributed by atoms with Gasteiger partial charge in [-0.2, -0.15) is 5.10 Å². The molecule has 2 aromatic rings. The van der Waals surface area contributed by atoms with Gasteiger partial charge in [0, 0.05) is 51.3 Å². The van der Waals surface area contributed by atoms with Gasteiger partial charge in [0.15, 0.2) is 0 Å². The van der Waals surface area contributed by atoms with Gasteiger partial charge in [0.2, 0.25) is 0 Å². The number of aromatic nitrogens is 3. The van der Waals surface area contributed by atoms with Crippen LogP contribution >= 0.6 is 15.9 Å². The molecule has 1 saturated heterocycles. The van der Waals surface area contributed by atoms with E-state index < -0.39 is 0 Å². The van der Waals surface area contributed by atoms with E-state index in [1.807, 2.05) is 29.5 Å². The van der Waals surface area contributed by atoms with Crippen molar-refractivity contribution in [2.24, 2.45) is 0 Å². The van der Waals surface area contributed by atoms with E-state index >= 15 is 0 Å². The summed E-state index contributed by atoms with van der Waals surface area (Å²) in [7, 11) is 0. The molecule has 1 fully saturated rings. The van der Waals surface area contributed by atoms with Crippen molar-refractivity contribution in [2.45, 2.75) is 13.2 Å². The quantitative estimate of drug-likeness (QED) is 0.854. The zero-order valence-corrected chi connectivity index (χ0v) is 12.9. The first-order valence-electron chi connectivity index (χ1n) is 6.81. The summed E-state index contributed by atoms with van der Waals surface area (Å²) in [4.78, 5) is 8.98. The standard InChI is InChI=1S/C14H18BrN5/c15-14-9-17-20(11-14)12-19-7-5-18(6-8-19)10-13-1-3-16-4-2-13/h1-4,9,11H,5-8,10,12H2. The molecule has 20 heavy (non-hydrogen) atoms. The fraction of sp³-hybridized carbons (Fsp3) is 0.429. The van der Waals surface area contributed by atoms with Gasteiger partial charge in [0.05, 0.1) is 17.3 Å². The van der Waals surface area contributed by atoms with Crippen LogP contribution in [-0.2, 0) is 13.2 Å². The van der Waals surface area contributed by atoms with Crippen molar-refractivity contribution in [3.8, 4) is 0 Å². The molecule has 0 unspecified atom stereocenters. The van der Waals surface area contributed by atoms with Crippen LogP contribution in [0.3, 0.4) is 0 Å². The summed E-state index contributed by atoms with van der Waals surface area (Å²) in [6.07, 6.45) is 7.57. The summed E-state index contributed by atoms with van der Waals surface area (Å²) < 4.78 is 3.01. The second-order valence-corrected chi connectivity index (χ2v) is 6.00. The van der Waals surface area contributed by atoms with Crippen LogP contribution in [0.1, 0.15) is 5.56 Å². The lowest BCUT2D eigenvalue weighted by atomic mass is 10.2. The second kappa shape index (κ2) is 6.47. The van der Waals surface area contributed by atoms with Crippen LogP contribution in [0.2, 0.25) is 0 Å². The van der Waals surface area contributed by atoms with Gasteiger partial charge in [-0.3, -0.25) is 19.5 Å². The highest BCUT2D eigenvalue weighted by molar-refractivity contribution is 9.10. The number of pyridine rings is 1. The molecular formula is C14H18BrN5. The minimum absolute atomic E-state index is 0.870. The van der Waals surface area contributed by atoms with Crippen LogP contribution in [-0.4, -0.2) is 50.7 Å². The van der Waals surface area contributed by atoms with Gasteiger partial charge in [0.25, 0.3) is 0 Å². The molecule has 3 heterocycles. The average Bonchev–Trinajstić information content (AvgIpc) is 2.88. The summed E-state index contributed by atoms with van der Waals surface area (Å²) in [5, 5.41) is 4.30. The topological polar surface area (TPSA) is 37.2 Å². The van der Waals surface area contributed by atoms with Crippen molar-refractivity contribution >= 4 is 15.9 Å². The molecule has 0 bridgehead atoms. The first kappa shape index (κ1) is 13.7. The van der Waals surface area contributed by atoms with Crippen molar-refractivity contribution in [1.82, 2.24) is 24.6 Å². The number of halogens is 1. The Morgan fingerprint density at radius 2 is 1.75 bits per heavy atom. The van der Waals surface area contributed by atoms with Crippen LogP contribution in [0.25, 0.3) is 0 Å². The Labute approximate surface area is 127 Å². The Morgan fingerprint density at radius 1 is 1.05 bits per heavy atom. The van der Waals surface area contributed by atoms with Crippen LogP contribution < -0.4 is 0 Å². The lowest BCUT2D eigenvalue weighted by molar-refractivity contribution is 0.0987. The number of nitrogens with zero attached hydrogens (tertiary/aromatic N) is 5. The number of hydrogen-bond donors (Lipinski definition) is 0. The molecule has 106 valence electrons. The highest BCUT2D eigenvalue weighted by Crippen LogP contribution is 2.10. The molecule has 3 rings (SSSR count). The smallest absolute Gasteiger partial charge is 0.0930 e. The first-order chi connectivity index (χ1) is 9.79. The van der Waals surface area contributed by atoms with Crippen molar-refractivity contribution in [2.75, 3.05) is 26.2 Å². The fourth-order valence-corrected chi connectivity index (χ4v) is 2.78. The largest absolute Gasteiger partial charge is 0.297 e. The maximum atomic E-state index is 4.30.